The van der Waals surface area contributed by atoms with Crippen molar-refractivity contribution in [2.75, 3.05) is 6.61 Å². The van der Waals surface area contributed by atoms with Gasteiger partial charge >= 0.3 is 5.97 Å². The Hall–Kier alpha value is -5.24. The number of esters is 1. The van der Waals surface area contributed by atoms with Gasteiger partial charge in [-0.1, -0.05) is 113 Å². The van der Waals surface area contributed by atoms with Crippen molar-refractivity contribution in [3.05, 3.63) is 168 Å². The molecule has 1 aliphatic rings. The first-order valence-corrected chi connectivity index (χ1v) is 16.9. The summed E-state index contributed by atoms with van der Waals surface area (Å²) in [5.41, 5.74) is 8.44. The predicted octanol–water partition coefficient (Wildman–Crippen LogP) is 7.88. The third-order valence-corrected chi connectivity index (χ3v) is 9.66. The lowest BCUT2D eigenvalue weighted by atomic mass is 9.96. The van der Waals surface area contributed by atoms with E-state index in [0.29, 0.717) is 25.6 Å². The molecule has 0 fully saturated rings. The number of rotatable bonds is 7. The van der Waals surface area contributed by atoms with Gasteiger partial charge in [0.05, 0.1) is 39.8 Å². The fraction of sp³-hybridized carbons (Fsp3) is 0.125. The molecular formula is C40H32ClN3O3S. The summed E-state index contributed by atoms with van der Waals surface area (Å²) in [7, 11) is 0. The molecule has 0 aliphatic carbocycles. The largest absolute Gasteiger partial charge is 0.463 e. The summed E-state index contributed by atoms with van der Waals surface area (Å²) < 4.78 is 9.82. The van der Waals surface area contributed by atoms with Gasteiger partial charge in [0, 0.05) is 16.3 Å². The van der Waals surface area contributed by atoms with Crippen LogP contribution in [0.2, 0.25) is 5.02 Å². The van der Waals surface area contributed by atoms with E-state index in [1.807, 2.05) is 54.6 Å². The number of hydrogen-bond acceptors (Lipinski definition) is 5. The van der Waals surface area contributed by atoms with Gasteiger partial charge in [0.1, 0.15) is 0 Å². The zero-order valence-corrected chi connectivity index (χ0v) is 28.3. The summed E-state index contributed by atoms with van der Waals surface area (Å²) in [5, 5.41) is 0.560. The second kappa shape index (κ2) is 13.1. The number of aryl methyl sites for hydroxylation is 1. The number of carbonyl (C=O) groups excluding carboxylic acids is 1. The minimum absolute atomic E-state index is 0.206. The normalized spacial score (nSPS) is 14.5. The van der Waals surface area contributed by atoms with Crippen molar-refractivity contribution in [3.63, 3.8) is 0 Å². The van der Waals surface area contributed by atoms with Crippen LogP contribution in [0.4, 0.5) is 0 Å². The van der Waals surface area contributed by atoms with Crippen molar-refractivity contribution in [1.82, 2.24) is 9.13 Å². The topological polar surface area (TPSA) is 65.6 Å². The molecule has 1 aliphatic heterocycles. The molecular weight excluding hydrogens is 638 g/mol. The molecule has 2 aromatic heterocycles. The van der Waals surface area contributed by atoms with Crippen LogP contribution in [0.1, 0.15) is 36.6 Å². The lowest BCUT2D eigenvalue weighted by molar-refractivity contribution is -0.139. The molecule has 1 atom stereocenters. The average Bonchev–Trinajstić information content (AvgIpc) is 3.62. The molecule has 0 saturated heterocycles. The van der Waals surface area contributed by atoms with Gasteiger partial charge in [0.2, 0.25) is 0 Å². The molecule has 48 heavy (non-hydrogen) atoms. The highest BCUT2D eigenvalue weighted by atomic mass is 35.5. The number of benzene rings is 4. The van der Waals surface area contributed by atoms with E-state index in [1.54, 1.807) is 30.5 Å². The summed E-state index contributed by atoms with van der Waals surface area (Å²) in [6.07, 6.45) is 1.95. The number of halogens is 1. The zero-order chi connectivity index (χ0) is 33.4. The number of allylic oxidation sites excluding steroid dienone is 1. The highest BCUT2D eigenvalue weighted by molar-refractivity contribution is 7.07. The standard InChI is InChI=1S/C40H32ClN3O3S/c1-4-47-39(46)35-26(3)42-40-44(37(35)29-17-19-31(41)20-18-29)38(45)34(48-40)24-30-23-33(27-11-7-5-8-12-27)43(32-21-15-25(2)16-22-32)36(30)28-13-9-6-10-14-28/h5-24,37H,4H2,1-3H3/t37-/m0/s1. The summed E-state index contributed by atoms with van der Waals surface area (Å²) >= 11 is 7.54. The molecule has 0 saturated carbocycles. The number of carbonyl (C=O) groups is 1. The van der Waals surface area contributed by atoms with Crippen LogP contribution in [0, 0.1) is 6.92 Å². The first kappa shape index (κ1) is 31.4. The van der Waals surface area contributed by atoms with Crippen molar-refractivity contribution in [2.45, 2.75) is 26.8 Å². The molecule has 6 aromatic rings. The minimum atomic E-state index is -0.717. The lowest BCUT2D eigenvalue weighted by Gasteiger charge is -2.24. The van der Waals surface area contributed by atoms with E-state index >= 15 is 0 Å². The maximum Gasteiger partial charge on any atom is 0.338 e. The molecule has 238 valence electrons. The van der Waals surface area contributed by atoms with Crippen LogP contribution in [0.3, 0.4) is 0 Å². The average molecular weight is 670 g/mol. The molecule has 0 spiro atoms. The molecule has 4 aromatic carbocycles. The highest BCUT2D eigenvalue weighted by Crippen LogP contribution is 2.37. The Balaban J connectivity index is 1.51. The number of fused-ring (bicyclic) bond motifs is 1. The second-order valence-electron chi connectivity index (χ2n) is 11.6. The molecule has 0 N–H and O–H groups in total. The van der Waals surface area contributed by atoms with Gasteiger partial charge in [0.15, 0.2) is 4.80 Å². The maximum absolute atomic E-state index is 14.5. The van der Waals surface area contributed by atoms with Crippen LogP contribution < -0.4 is 14.9 Å². The van der Waals surface area contributed by atoms with Gasteiger partial charge in [-0.2, -0.15) is 0 Å². The number of hydrogen-bond donors (Lipinski definition) is 0. The fourth-order valence-corrected chi connectivity index (χ4v) is 7.37. The van der Waals surface area contributed by atoms with Crippen LogP contribution in [-0.4, -0.2) is 21.7 Å². The van der Waals surface area contributed by atoms with Crippen molar-refractivity contribution < 1.29 is 9.53 Å². The minimum Gasteiger partial charge on any atom is -0.463 e. The maximum atomic E-state index is 14.5. The van der Waals surface area contributed by atoms with Crippen molar-refractivity contribution in [1.29, 1.82) is 0 Å². The van der Waals surface area contributed by atoms with Gasteiger partial charge in [-0.15, -0.1) is 0 Å². The number of thiazole rings is 1. The molecule has 8 heteroatoms. The van der Waals surface area contributed by atoms with Crippen LogP contribution in [0.15, 0.2) is 136 Å². The molecule has 6 nitrogen and oxygen atoms in total. The van der Waals surface area contributed by atoms with Crippen LogP contribution in [0.5, 0.6) is 0 Å². The Bertz CT molecular complexity index is 2350. The van der Waals surface area contributed by atoms with Gasteiger partial charge in [-0.05, 0) is 73.9 Å². The molecule has 0 bridgehead atoms. The molecule has 7 rings (SSSR count). The molecule has 0 amide bonds. The van der Waals surface area contributed by atoms with Gasteiger partial charge in [-0.25, -0.2) is 9.79 Å². The monoisotopic (exact) mass is 669 g/mol. The molecule has 3 heterocycles. The molecule has 0 radical (unpaired) electrons. The van der Waals surface area contributed by atoms with E-state index in [9.17, 15) is 9.59 Å². The Labute approximate surface area is 287 Å². The predicted molar refractivity (Wildman–Crippen MR) is 193 cm³/mol. The van der Waals surface area contributed by atoms with E-state index < -0.39 is 12.0 Å². The quantitative estimate of drug-likeness (QED) is 0.163. The van der Waals surface area contributed by atoms with Crippen molar-refractivity contribution >= 4 is 35.0 Å². The third-order valence-electron chi connectivity index (χ3n) is 8.43. The van der Waals surface area contributed by atoms with E-state index in [1.165, 1.54) is 16.9 Å². The third kappa shape index (κ3) is 5.76. The Morgan fingerprint density at radius 3 is 2.19 bits per heavy atom. The van der Waals surface area contributed by atoms with Gasteiger partial charge in [0.25, 0.3) is 5.56 Å². The fourth-order valence-electron chi connectivity index (χ4n) is 6.21. The second-order valence-corrected chi connectivity index (χ2v) is 13.0. The van der Waals surface area contributed by atoms with Crippen LogP contribution in [-0.2, 0) is 9.53 Å². The summed E-state index contributed by atoms with van der Waals surface area (Å²) in [6.45, 7) is 5.83. The first-order chi connectivity index (χ1) is 23.3. The number of aromatic nitrogens is 2. The van der Waals surface area contributed by atoms with Gasteiger partial charge in [-0.3, -0.25) is 9.36 Å². The van der Waals surface area contributed by atoms with Crippen molar-refractivity contribution in [3.8, 4) is 28.2 Å². The Morgan fingerprint density at radius 1 is 0.896 bits per heavy atom. The summed E-state index contributed by atoms with van der Waals surface area (Å²) in [6, 6.07) is 37.5. The smallest absolute Gasteiger partial charge is 0.338 e. The number of nitrogens with zero attached hydrogens (tertiary/aromatic N) is 3. The van der Waals surface area contributed by atoms with Crippen LogP contribution >= 0.6 is 22.9 Å². The number of ether oxygens (including phenoxy) is 1. The Kier molecular flexibility index (Phi) is 8.56. The van der Waals surface area contributed by atoms with E-state index in [-0.39, 0.29) is 12.2 Å². The van der Waals surface area contributed by atoms with Gasteiger partial charge < -0.3 is 9.30 Å². The first-order valence-electron chi connectivity index (χ1n) is 15.7. The summed E-state index contributed by atoms with van der Waals surface area (Å²) in [5.74, 6) is -0.498. The highest BCUT2D eigenvalue weighted by Gasteiger charge is 2.33. The SMILES string of the molecule is CCOC(=O)C1=C(C)N=c2sc(=Cc3cc(-c4ccccc4)n(-c4ccc(C)cc4)c3-c3ccccc3)c(=O)n2[C@H]1c1ccc(Cl)cc1. The van der Waals surface area contributed by atoms with E-state index in [2.05, 4.69) is 66.1 Å². The molecule has 0 unspecified atom stereocenters. The Morgan fingerprint density at radius 2 is 1.54 bits per heavy atom. The van der Waals surface area contributed by atoms with Crippen molar-refractivity contribution in [2.24, 2.45) is 4.99 Å². The summed E-state index contributed by atoms with van der Waals surface area (Å²) in [4.78, 5) is 33.1. The van der Waals surface area contributed by atoms with E-state index in [4.69, 9.17) is 21.3 Å². The lowest BCUT2D eigenvalue weighted by Crippen LogP contribution is -2.39. The zero-order valence-electron chi connectivity index (χ0n) is 26.7. The van der Waals surface area contributed by atoms with Crippen LogP contribution in [0.25, 0.3) is 34.3 Å². The van der Waals surface area contributed by atoms with E-state index in [0.717, 1.165) is 39.3 Å².